The highest BCUT2D eigenvalue weighted by Crippen LogP contribution is 2.30. The summed E-state index contributed by atoms with van der Waals surface area (Å²) in [5, 5.41) is 11.9. The van der Waals surface area contributed by atoms with Crippen molar-refractivity contribution in [1.29, 1.82) is 5.26 Å². The Morgan fingerprint density at radius 3 is 2.27 bits per heavy atom. The maximum atomic E-state index is 13.6. The molecule has 3 aromatic rings. The fourth-order valence-electron chi connectivity index (χ4n) is 4.39. The predicted molar refractivity (Wildman–Crippen MR) is 128 cm³/mol. The monoisotopic (exact) mass is 458 g/mol. The van der Waals surface area contributed by atoms with Gasteiger partial charge in [-0.05, 0) is 36.1 Å². The lowest BCUT2D eigenvalue weighted by Crippen LogP contribution is -2.52. The van der Waals surface area contributed by atoms with Gasteiger partial charge in [0.15, 0.2) is 0 Å². The first-order chi connectivity index (χ1) is 16.1. The molecule has 0 aliphatic carbocycles. The molecule has 2 unspecified atom stereocenters. The molecule has 0 spiro atoms. The van der Waals surface area contributed by atoms with E-state index >= 15 is 0 Å². The molecule has 1 saturated heterocycles. The van der Waals surface area contributed by atoms with Gasteiger partial charge in [-0.3, -0.25) is 9.59 Å². The van der Waals surface area contributed by atoms with Gasteiger partial charge in [0.05, 0.1) is 12.6 Å². The molecule has 0 radical (unpaired) electrons. The van der Waals surface area contributed by atoms with E-state index in [0.717, 1.165) is 22.4 Å². The smallest absolute Gasteiger partial charge is 0.243 e. The van der Waals surface area contributed by atoms with Gasteiger partial charge >= 0.3 is 0 Å². The zero-order valence-electron chi connectivity index (χ0n) is 18.2. The predicted octanol–water partition coefficient (Wildman–Crippen LogP) is 3.39. The molecule has 33 heavy (non-hydrogen) atoms. The lowest BCUT2D eigenvalue weighted by Gasteiger charge is -2.31. The number of amides is 2. The van der Waals surface area contributed by atoms with Crippen LogP contribution in [0.4, 0.5) is 0 Å². The van der Waals surface area contributed by atoms with Gasteiger partial charge in [0, 0.05) is 17.3 Å². The van der Waals surface area contributed by atoms with Gasteiger partial charge in [0.1, 0.15) is 17.0 Å². The van der Waals surface area contributed by atoms with Crippen molar-refractivity contribution in [2.45, 2.75) is 37.4 Å². The van der Waals surface area contributed by atoms with Crippen LogP contribution in [0.2, 0.25) is 0 Å². The van der Waals surface area contributed by atoms with Crippen molar-refractivity contribution in [3.8, 4) is 6.07 Å². The fraction of sp³-hybridized carbons (Fsp3) is 0.269. The summed E-state index contributed by atoms with van der Waals surface area (Å²) in [5.74, 6) is -0.705. The normalized spacial score (nSPS) is 16.4. The van der Waals surface area contributed by atoms with Gasteiger partial charge in [-0.2, -0.15) is 5.26 Å². The Kier molecular flexibility index (Phi) is 7.18. The minimum absolute atomic E-state index is 0.184. The average molecular weight is 459 g/mol. The summed E-state index contributed by atoms with van der Waals surface area (Å²) in [7, 11) is 0. The number of thiophene rings is 1. The number of nitrogens with two attached hydrogens (primary N) is 1. The highest BCUT2D eigenvalue weighted by Gasteiger charge is 2.39. The Bertz CT molecular complexity index is 1100. The van der Waals surface area contributed by atoms with Crippen molar-refractivity contribution in [3.63, 3.8) is 0 Å². The topological polar surface area (TPSA) is 99.2 Å². The molecular weight excluding hydrogens is 432 g/mol. The van der Waals surface area contributed by atoms with Crippen molar-refractivity contribution in [2.24, 2.45) is 5.73 Å². The Labute approximate surface area is 197 Å². The van der Waals surface area contributed by atoms with Crippen LogP contribution < -0.4 is 11.1 Å². The van der Waals surface area contributed by atoms with Crippen LogP contribution in [0, 0.1) is 11.3 Å². The first kappa shape index (κ1) is 22.7. The van der Waals surface area contributed by atoms with Crippen LogP contribution in [0.3, 0.4) is 0 Å². The van der Waals surface area contributed by atoms with Gasteiger partial charge in [-0.1, -0.05) is 60.7 Å². The average Bonchev–Trinajstić information content (AvgIpc) is 3.53. The van der Waals surface area contributed by atoms with E-state index in [2.05, 4.69) is 11.4 Å². The molecule has 4 rings (SSSR count). The molecule has 168 valence electrons. The van der Waals surface area contributed by atoms with E-state index < -0.39 is 12.1 Å². The Morgan fingerprint density at radius 2 is 1.70 bits per heavy atom. The molecule has 2 aromatic carbocycles. The number of hydrogen-bond acceptors (Lipinski definition) is 5. The second kappa shape index (κ2) is 10.4. The largest absolute Gasteiger partial charge is 0.349 e. The number of hydrogen-bond donors (Lipinski definition) is 2. The van der Waals surface area contributed by atoms with Gasteiger partial charge in [0.25, 0.3) is 0 Å². The van der Waals surface area contributed by atoms with Crippen molar-refractivity contribution < 1.29 is 9.59 Å². The maximum Gasteiger partial charge on any atom is 0.243 e. The van der Waals surface area contributed by atoms with Crippen LogP contribution in [0.25, 0.3) is 0 Å². The van der Waals surface area contributed by atoms with E-state index in [1.54, 1.807) is 11.0 Å². The quantitative estimate of drug-likeness (QED) is 0.567. The van der Waals surface area contributed by atoms with Crippen LogP contribution in [0.15, 0.2) is 72.8 Å². The Hall–Kier alpha value is -3.47. The Balaban J connectivity index is 1.50. The summed E-state index contributed by atoms with van der Waals surface area (Å²) in [5.41, 5.74) is 8.54. The van der Waals surface area contributed by atoms with E-state index in [4.69, 9.17) is 11.0 Å². The van der Waals surface area contributed by atoms with Crippen LogP contribution >= 0.6 is 11.3 Å². The summed E-state index contributed by atoms with van der Waals surface area (Å²) < 4.78 is 0. The van der Waals surface area contributed by atoms with Gasteiger partial charge in [-0.15, -0.1) is 11.3 Å². The van der Waals surface area contributed by atoms with Gasteiger partial charge in [0.2, 0.25) is 11.8 Å². The molecule has 1 aliphatic heterocycles. The van der Waals surface area contributed by atoms with E-state index in [0.29, 0.717) is 24.4 Å². The molecule has 7 heteroatoms. The highest BCUT2D eigenvalue weighted by atomic mass is 32.1. The standard InChI is InChI=1S/C26H26N4O2S/c27-16-20-13-14-21(33-20)17-29-25(31)22-12-7-15-30(22)26(32)24(28)23(18-8-3-1-4-9-18)19-10-5-2-6-11-19/h1-6,8-11,13-14,22-24H,7,12,15,17,28H2,(H,29,31). The molecular formula is C26H26N4O2S. The number of nitrogens with one attached hydrogen (secondary N) is 1. The Morgan fingerprint density at radius 1 is 1.06 bits per heavy atom. The molecule has 2 amide bonds. The van der Waals surface area contributed by atoms with Crippen molar-refractivity contribution in [3.05, 3.63) is 93.7 Å². The molecule has 3 N–H and O–H groups in total. The summed E-state index contributed by atoms with van der Waals surface area (Å²) in [6, 6.07) is 23.9. The second-order valence-corrected chi connectivity index (χ2v) is 9.28. The number of rotatable bonds is 7. The first-order valence-electron chi connectivity index (χ1n) is 11.0. The number of carbonyl (C=O) groups is 2. The van der Waals surface area contributed by atoms with E-state index in [9.17, 15) is 9.59 Å². The molecule has 0 bridgehead atoms. The van der Waals surface area contributed by atoms with Crippen LogP contribution in [-0.2, 0) is 16.1 Å². The molecule has 1 aliphatic rings. The number of likely N-dealkylation sites (tertiary alicyclic amines) is 1. The zero-order chi connectivity index (χ0) is 23.2. The number of nitrogens with zero attached hydrogens (tertiary/aromatic N) is 2. The minimum Gasteiger partial charge on any atom is -0.349 e. The van der Waals surface area contributed by atoms with Crippen LogP contribution in [0.1, 0.15) is 39.6 Å². The van der Waals surface area contributed by atoms with E-state index in [1.807, 2.05) is 66.7 Å². The maximum absolute atomic E-state index is 13.6. The minimum atomic E-state index is -0.807. The summed E-state index contributed by atoms with van der Waals surface area (Å²) in [4.78, 5) is 29.6. The van der Waals surface area contributed by atoms with Crippen LogP contribution in [0.5, 0.6) is 0 Å². The molecule has 2 atom stereocenters. The van der Waals surface area contributed by atoms with Crippen molar-refractivity contribution in [2.75, 3.05) is 6.54 Å². The molecule has 1 aromatic heterocycles. The fourth-order valence-corrected chi connectivity index (χ4v) is 5.13. The van der Waals surface area contributed by atoms with Gasteiger partial charge < -0.3 is 16.0 Å². The number of carbonyl (C=O) groups excluding carboxylic acids is 2. The second-order valence-electron chi connectivity index (χ2n) is 8.11. The third-order valence-corrected chi connectivity index (χ3v) is 7.00. The lowest BCUT2D eigenvalue weighted by atomic mass is 9.84. The zero-order valence-corrected chi connectivity index (χ0v) is 19.0. The van der Waals surface area contributed by atoms with Crippen LogP contribution in [-0.4, -0.2) is 35.3 Å². The van der Waals surface area contributed by atoms with Gasteiger partial charge in [-0.25, -0.2) is 0 Å². The summed E-state index contributed by atoms with van der Waals surface area (Å²) >= 11 is 1.35. The van der Waals surface area contributed by atoms with E-state index in [-0.39, 0.29) is 17.7 Å². The van der Waals surface area contributed by atoms with Crippen molar-refractivity contribution in [1.82, 2.24) is 10.2 Å². The SMILES string of the molecule is N#Cc1ccc(CNC(=O)C2CCCN2C(=O)C(N)C(c2ccccc2)c2ccccc2)s1. The van der Waals surface area contributed by atoms with E-state index in [1.165, 1.54) is 11.3 Å². The third kappa shape index (κ3) is 5.14. The first-order valence-corrected chi connectivity index (χ1v) is 11.8. The number of benzene rings is 2. The summed E-state index contributed by atoms with van der Waals surface area (Å²) in [6.45, 7) is 0.852. The highest BCUT2D eigenvalue weighted by molar-refractivity contribution is 7.12. The summed E-state index contributed by atoms with van der Waals surface area (Å²) in [6.07, 6.45) is 1.37. The molecule has 6 nitrogen and oxygen atoms in total. The molecule has 1 fully saturated rings. The molecule has 0 saturated carbocycles. The van der Waals surface area contributed by atoms with Crippen molar-refractivity contribution >= 4 is 23.2 Å². The number of nitriles is 1. The molecule has 2 heterocycles. The third-order valence-electron chi connectivity index (χ3n) is 6.01. The lowest BCUT2D eigenvalue weighted by molar-refractivity contribution is -0.139.